The molecule has 1 nitrogen and oxygen atoms in total. The molecular weight excluding hydrogens is 194 g/mol. The zero-order valence-corrected chi connectivity index (χ0v) is 9.23. The Balaban J connectivity index is 2.46. The molecule has 0 spiro atoms. The van der Waals surface area contributed by atoms with Crippen molar-refractivity contribution in [3.8, 4) is 0 Å². The molecule has 0 saturated heterocycles. The van der Waals surface area contributed by atoms with Gasteiger partial charge in [0, 0.05) is 11.1 Å². The van der Waals surface area contributed by atoms with Crippen LogP contribution < -0.4 is 5.73 Å². The van der Waals surface area contributed by atoms with Crippen molar-refractivity contribution in [1.29, 1.82) is 0 Å². The lowest BCUT2D eigenvalue weighted by Gasteiger charge is -2.05. The van der Waals surface area contributed by atoms with Gasteiger partial charge in [0.25, 0.3) is 0 Å². The van der Waals surface area contributed by atoms with Crippen LogP contribution in [0.1, 0.15) is 23.6 Å². The van der Waals surface area contributed by atoms with E-state index in [-0.39, 0.29) is 6.04 Å². The van der Waals surface area contributed by atoms with Crippen LogP contribution in [0.2, 0.25) is 5.02 Å². The van der Waals surface area contributed by atoms with Crippen molar-refractivity contribution >= 4 is 17.7 Å². The van der Waals surface area contributed by atoms with Crippen LogP contribution in [0.15, 0.2) is 17.7 Å². The summed E-state index contributed by atoms with van der Waals surface area (Å²) in [6, 6.07) is 4.31. The van der Waals surface area contributed by atoms with Crippen molar-refractivity contribution in [3.63, 3.8) is 0 Å². The molecule has 74 valence electrons. The maximum absolute atomic E-state index is 6.16. The molecule has 0 radical (unpaired) electrons. The van der Waals surface area contributed by atoms with Gasteiger partial charge in [-0.2, -0.15) is 0 Å². The summed E-state index contributed by atoms with van der Waals surface area (Å²) < 4.78 is 0. The van der Waals surface area contributed by atoms with Crippen molar-refractivity contribution in [1.82, 2.24) is 0 Å². The van der Waals surface area contributed by atoms with Gasteiger partial charge in [-0.05, 0) is 48.6 Å². The molecule has 1 aliphatic carbocycles. The number of aryl methyl sites for hydroxylation is 1. The van der Waals surface area contributed by atoms with Gasteiger partial charge < -0.3 is 5.73 Å². The Labute approximate surface area is 89.6 Å². The molecule has 1 aromatic carbocycles. The van der Waals surface area contributed by atoms with Crippen LogP contribution in [0.3, 0.4) is 0 Å². The summed E-state index contributed by atoms with van der Waals surface area (Å²) in [5.74, 6) is 0. The molecule has 2 heteroatoms. The third-order valence-electron chi connectivity index (χ3n) is 2.67. The van der Waals surface area contributed by atoms with Crippen molar-refractivity contribution in [3.05, 3.63) is 39.4 Å². The molecule has 0 fully saturated rings. The van der Waals surface area contributed by atoms with Gasteiger partial charge >= 0.3 is 0 Å². The van der Waals surface area contributed by atoms with Crippen molar-refractivity contribution < 1.29 is 0 Å². The molecule has 0 amide bonds. The number of rotatable bonds is 1. The normalized spacial score (nSPS) is 16.4. The number of benzene rings is 1. The van der Waals surface area contributed by atoms with Crippen LogP contribution in [0.25, 0.3) is 6.08 Å². The largest absolute Gasteiger partial charge is 0.324 e. The van der Waals surface area contributed by atoms with Gasteiger partial charge in [0.15, 0.2) is 0 Å². The van der Waals surface area contributed by atoms with Crippen LogP contribution in [0, 0.1) is 6.92 Å². The Kier molecular flexibility index (Phi) is 2.38. The lowest BCUT2D eigenvalue weighted by Crippen LogP contribution is -2.17. The molecule has 1 aromatic rings. The third kappa shape index (κ3) is 1.58. The summed E-state index contributed by atoms with van der Waals surface area (Å²) in [6.07, 6.45) is 3.08. The van der Waals surface area contributed by atoms with Crippen LogP contribution in [-0.2, 0) is 6.42 Å². The molecule has 0 bridgehead atoms. The van der Waals surface area contributed by atoms with E-state index >= 15 is 0 Å². The van der Waals surface area contributed by atoms with E-state index in [4.69, 9.17) is 17.3 Å². The van der Waals surface area contributed by atoms with E-state index in [2.05, 4.69) is 19.1 Å². The maximum Gasteiger partial charge on any atom is 0.0483 e. The fourth-order valence-corrected chi connectivity index (χ4v) is 2.23. The zero-order valence-electron chi connectivity index (χ0n) is 8.47. The third-order valence-corrected chi connectivity index (χ3v) is 2.98. The number of halogens is 1. The van der Waals surface area contributed by atoms with Gasteiger partial charge in [0.2, 0.25) is 0 Å². The Morgan fingerprint density at radius 2 is 2.14 bits per heavy atom. The molecule has 0 aliphatic heterocycles. The first-order valence-electron chi connectivity index (χ1n) is 4.83. The van der Waals surface area contributed by atoms with Crippen molar-refractivity contribution in [2.75, 3.05) is 0 Å². The summed E-state index contributed by atoms with van der Waals surface area (Å²) in [6.45, 7) is 4.08. The number of hydrogen-bond donors (Lipinski definition) is 1. The molecule has 0 saturated carbocycles. The number of hydrogen-bond acceptors (Lipinski definition) is 1. The minimum absolute atomic E-state index is 0.124. The topological polar surface area (TPSA) is 26.0 Å². The van der Waals surface area contributed by atoms with E-state index in [0.717, 1.165) is 17.0 Å². The predicted octanol–water partition coefficient (Wildman–Crippen LogP) is 2.94. The number of fused-ring (bicyclic) bond motifs is 1. The van der Waals surface area contributed by atoms with Crippen molar-refractivity contribution in [2.45, 2.75) is 26.3 Å². The van der Waals surface area contributed by atoms with E-state index < -0.39 is 0 Å². The Morgan fingerprint density at radius 3 is 2.79 bits per heavy atom. The average molecular weight is 208 g/mol. The second kappa shape index (κ2) is 3.41. The monoisotopic (exact) mass is 207 g/mol. The van der Waals surface area contributed by atoms with Gasteiger partial charge in [-0.1, -0.05) is 23.7 Å². The first-order valence-corrected chi connectivity index (χ1v) is 5.21. The van der Waals surface area contributed by atoms with E-state index in [9.17, 15) is 0 Å². The van der Waals surface area contributed by atoms with Crippen LogP contribution in [-0.4, -0.2) is 6.04 Å². The van der Waals surface area contributed by atoms with Crippen LogP contribution in [0.4, 0.5) is 0 Å². The molecule has 1 unspecified atom stereocenters. The molecule has 0 heterocycles. The first kappa shape index (κ1) is 9.75. The molecule has 2 rings (SSSR count). The Hall–Kier alpha value is -0.790. The first-order chi connectivity index (χ1) is 6.58. The van der Waals surface area contributed by atoms with Crippen LogP contribution in [0.5, 0.6) is 0 Å². The second-order valence-corrected chi connectivity index (χ2v) is 4.41. The summed E-state index contributed by atoms with van der Waals surface area (Å²) in [7, 11) is 0. The van der Waals surface area contributed by atoms with Crippen LogP contribution >= 0.6 is 11.6 Å². The summed E-state index contributed by atoms with van der Waals surface area (Å²) >= 11 is 6.16. The quantitative estimate of drug-likeness (QED) is 0.753. The Bertz CT molecular complexity index is 405. The van der Waals surface area contributed by atoms with E-state index in [0.29, 0.717) is 0 Å². The van der Waals surface area contributed by atoms with Gasteiger partial charge in [0.1, 0.15) is 0 Å². The number of nitrogens with two attached hydrogens (primary N) is 1. The van der Waals surface area contributed by atoms with Crippen molar-refractivity contribution in [2.24, 2.45) is 5.73 Å². The zero-order chi connectivity index (χ0) is 10.3. The molecule has 0 aromatic heterocycles. The van der Waals surface area contributed by atoms with Gasteiger partial charge in [0.05, 0.1) is 0 Å². The summed E-state index contributed by atoms with van der Waals surface area (Å²) in [5, 5.41) is 0.843. The molecule has 14 heavy (non-hydrogen) atoms. The van der Waals surface area contributed by atoms with E-state index in [1.54, 1.807) is 0 Å². The fraction of sp³-hybridized carbons (Fsp3) is 0.333. The highest BCUT2D eigenvalue weighted by Gasteiger charge is 2.17. The highest BCUT2D eigenvalue weighted by atomic mass is 35.5. The van der Waals surface area contributed by atoms with Gasteiger partial charge in [-0.3, -0.25) is 0 Å². The minimum Gasteiger partial charge on any atom is -0.324 e. The lowest BCUT2D eigenvalue weighted by molar-refractivity contribution is 0.841. The Morgan fingerprint density at radius 1 is 1.43 bits per heavy atom. The summed E-state index contributed by atoms with van der Waals surface area (Å²) in [5.41, 5.74) is 10.8. The SMILES string of the molecule is Cc1cc(Cl)c2c(c1)CC(C(C)N)=C2. The van der Waals surface area contributed by atoms with E-state index in [1.165, 1.54) is 16.7 Å². The minimum atomic E-state index is 0.124. The highest BCUT2D eigenvalue weighted by Crippen LogP contribution is 2.32. The molecular formula is C12H14ClN. The summed E-state index contributed by atoms with van der Waals surface area (Å²) in [4.78, 5) is 0. The highest BCUT2D eigenvalue weighted by molar-refractivity contribution is 6.32. The lowest BCUT2D eigenvalue weighted by atomic mass is 10.0. The van der Waals surface area contributed by atoms with Gasteiger partial charge in [-0.15, -0.1) is 0 Å². The van der Waals surface area contributed by atoms with Gasteiger partial charge in [-0.25, -0.2) is 0 Å². The standard InChI is InChI=1S/C12H14ClN/c1-7-3-10-5-9(8(2)14)6-11(10)12(13)4-7/h3-4,6,8H,5,14H2,1-2H3. The predicted molar refractivity (Wildman–Crippen MR) is 61.5 cm³/mol. The smallest absolute Gasteiger partial charge is 0.0483 e. The second-order valence-electron chi connectivity index (χ2n) is 4.00. The average Bonchev–Trinajstić information content (AvgIpc) is 2.47. The maximum atomic E-state index is 6.16. The van der Waals surface area contributed by atoms with E-state index in [1.807, 2.05) is 13.0 Å². The molecule has 1 aliphatic rings. The molecule has 1 atom stereocenters. The molecule has 2 N–H and O–H groups in total. The fourth-order valence-electron chi connectivity index (χ4n) is 1.88.